The number of aryl methyl sites for hydroxylation is 1. The average Bonchev–Trinajstić information content (AvgIpc) is 2.97. The van der Waals surface area contributed by atoms with Gasteiger partial charge in [0, 0.05) is 11.5 Å². The molecule has 1 aromatic heterocycles. The van der Waals surface area contributed by atoms with Crippen molar-refractivity contribution in [3.63, 3.8) is 0 Å². The fourth-order valence-corrected chi connectivity index (χ4v) is 3.24. The van der Waals surface area contributed by atoms with Crippen LogP contribution in [-0.4, -0.2) is 9.78 Å². The molecule has 4 rings (SSSR count). The Labute approximate surface area is 133 Å². The minimum Gasteiger partial charge on any atom is -0.233 e. The second-order valence-corrected chi connectivity index (χ2v) is 5.75. The molecule has 0 unspecified atom stereocenters. The zero-order valence-electron chi connectivity index (χ0n) is 12.5. The van der Waals surface area contributed by atoms with E-state index in [0.29, 0.717) is 0 Å². The van der Waals surface area contributed by atoms with E-state index in [1.807, 2.05) is 10.9 Å². The zero-order chi connectivity index (χ0) is 15.8. The summed E-state index contributed by atoms with van der Waals surface area (Å²) in [5.41, 5.74) is 5.35. The Hall–Kier alpha value is -2.93. The van der Waals surface area contributed by atoms with Crippen LogP contribution < -0.4 is 0 Å². The van der Waals surface area contributed by atoms with Crippen LogP contribution in [0.4, 0.5) is 4.39 Å². The number of hydrogen-bond acceptors (Lipinski definition) is 2. The number of benzene rings is 2. The van der Waals surface area contributed by atoms with Gasteiger partial charge in [0.25, 0.3) is 0 Å². The largest absolute Gasteiger partial charge is 0.233 e. The fourth-order valence-electron chi connectivity index (χ4n) is 3.24. The maximum atomic E-state index is 13.1. The highest BCUT2D eigenvalue weighted by molar-refractivity contribution is 5.87. The molecule has 2 aromatic carbocycles. The number of aromatic nitrogens is 2. The number of fused-ring (bicyclic) bond motifs is 2. The molecule has 0 amide bonds. The normalized spacial score (nSPS) is 15.6. The van der Waals surface area contributed by atoms with Crippen LogP contribution in [0.1, 0.15) is 24.0 Å². The van der Waals surface area contributed by atoms with E-state index in [9.17, 15) is 4.39 Å². The fraction of sp³-hybridized carbons (Fsp3) is 0.158. The van der Waals surface area contributed by atoms with Gasteiger partial charge in [-0.25, -0.2) is 9.07 Å². The predicted octanol–water partition coefficient (Wildman–Crippen LogP) is 4.41. The number of hydrogen-bond donors (Lipinski definition) is 0. The molecule has 0 saturated carbocycles. The van der Waals surface area contributed by atoms with Crippen molar-refractivity contribution >= 4 is 16.5 Å². The third kappa shape index (κ3) is 2.31. The van der Waals surface area contributed by atoms with Gasteiger partial charge in [-0.15, -0.1) is 0 Å². The molecule has 0 N–H and O–H groups in total. The van der Waals surface area contributed by atoms with E-state index in [1.165, 1.54) is 17.7 Å². The lowest BCUT2D eigenvalue weighted by Gasteiger charge is -2.18. The Balaban J connectivity index is 1.90. The smallest absolute Gasteiger partial charge is 0.123 e. The van der Waals surface area contributed by atoms with E-state index in [2.05, 4.69) is 23.3 Å². The molecule has 0 bridgehead atoms. The maximum Gasteiger partial charge on any atom is 0.123 e. The van der Waals surface area contributed by atoms with Crippen molar-refractivity contribution in [1.82, 2.24) is 9.78 Å². The minimum absolute atomic E-state index is 0.256. The summed E-state index contributed by atoms with van der Waals surface area (Å²) >= 11 is 0. The first-order valence-corrected chi connectivity index (χ1v) is 7.62. The average molecular weight is 303 g/mol. The minimum atomic E-state index is -0.256. The molecule has 3 aromatic rings. The van der Waals surface area contributed by atoms with Crippen LogP contribution in [0, 0.1) is 17.1 Å². The SMILES string of the molecule is N#C/C=C1\CCCc2cc3c(cnn3-c3ccc(F)cc3)cc21. The molecular formula is C19H14FN3. The van der Waals surface area contributed by atoms with E-state index in [4.69, 9.17) is 5.26 Å². The second kappa shape index (κ2) is 5.36. The lowest BCUT2D eigenvalue weighted by atomic mass is 9.86. The number of halogens is 1. The molecule has 3 nitrogen and oxygen atoms in total. The lowest BCUT2D eigenvalue weighted by Crippen LogP contribution is -2.03. The summed E-state index contributed by atoms with van der Waals surface area (Å²) in [7, 11) is 0. The third-order valence-corrected chi connectivity index (χ3v) is 4.34. The van der Waals surface area contributed by atoms with Crippen molar-refractivity contribution in [2.24, 2.45) is 0 Å². The summed E-state index contributed by atoms with van der Waals surface area (Å²) in [4.78, 5) is 0. The highest BCUT2D eigenvalue weighted by Gasteiger charge is 2.17. The maximum absolute atomic E-state index is 13.1. The Morgan fingerprint density at radius 2 is 2.00 bits per heavy atom. The molecule has 0 spiro atoms. The topological polar surface area (TPSA) is 41.6 Å². The quantitative estimate of drug-likeness (QED) is 0.625. The van der Waals surface area contributed by atoms with E-state index in [1.54, 1.807) is 18.2 Å². The predicted molar refractivity (Wildman–Crippen MR) is 87.6 cm³/mol. The molecule has 1 heterocycles. The van der Waals surface area contributed by atoms with Gasteiger partial charge in [-0.1, -0.05) is 0 Å². The second-order valence-electron chi connectivity index (χ2n) is 5.75. The summed E-state index contributed by atoms with van der Waals surface area (Å²) in [6.07, 6.45) is 6.46. The van der Waals surface area contributed by atoms with Gasteiger partial charge in [0.15, 0.2) is 0 Å². The Kier molecular flexibility index (Phi) is 3.20. The summed E-state index contributed by atoms with van der Waals surface area (Å²) in [5.74, 6) is -0.256. The van der Waals surface area contributed by atoms with E-state index in [0.717, 1.165) is 47.0 Å². The van der Waals surface area contributed by atoms with Gasteiger partial charge >= 0.3 is 0 Å². The molecule has 4 heteroatoms. The van der Waals surface area contributed by atoms with Crippen LogP contribution in [-0.2, 0) is 6.42 Å². The molecular weight excluding hydrogens is 289 g/mol. The van der Waals surface area contributed by atoms with Crippen LogP contribution in [0.25, 0.3) is 22.2 Å². The van der Waals surface area contributed by atoms with Crippen LogP contribution in [0.5, 0.6) is 0 Å². The highest BCUT2D eigenvalue weighted by atomic mass is 19.1. The molecule has 0 saturated heterocycles. The van der Waals surface area contributed by atoms with Crippen molar-refractivity contribution < 1.29 is 4.39 Å². The molecule has 0 fully saturated rings. The summed E-state index contributed by atoms with van der Waals surface area (Å²) < 4.78 is 15.0. The first-order valence-electron chi connectivity index (χ1n) is 7.62. The zero-order valence-corrected chi connectivity index (χ0v) is 12.5. The van der Waals surface area contributed by atoms with Gasteiger partial charge in [-0.3, -0.25) is 0 Å². The number of nitrogens with zero attached hydrogens (tertiary/aromatic N) is 3. The van der Waals surface area contributed by atoms with Gasteiger partial charge in [0.05, 0.1) is 23.5 Å². The Morgan fingerprint density at radius 1 is 1.17 bits per heavy atom. The third-order valence-electron chi connectivity index (χ3n) is 4.34. The Bertz CT molecular complexity index is 959. The van der Waals surface area contributed by atoms with Crippen molar-refractivity contribution in [3.05, 3.63) is 65.6 Å². The van der Waals surface area contributed by atoms with Crippen molar-refractivity contribution in [2.45, 2.75) is 19.3 Å². The summed E-state index contributed by atoms with van der Waals surface area (Å²) in [6.45, 7) is 0. The molecule has 0 atom stereocenters. The molecule has 23 heavy (non-hydrogen) atoms. The van der Waals surface area contributed by atoms with Crippen LogP contribution in [0.2, 0.25) is 0 Å². The Morgan fingerprint density at radius 3 is 2.78 bits per heavy atom. The van der Waals surface area contributed by atoms with Gasteiger partial charge in [0.2, 0.25) is 0 Å². The van der Waals surface area contributed by atoms with Crippen LogP contribution in [0.3, 0.4) is 0 Å². The van der Waals surface area contributed by atoms with Crippen LogP contribution >= 0.6 is 0 Å². The number of allylic oxidation sites excluding steroid dienone is 2. The summed E-state index contributed by atoms with van der Waals surface area (Å²) in [5, 5.41) is 14.4. The number of rotatable bonds is 1. The standard InChI is InChI=1S/C19H14FN3/c20-16-4-6-17(7-5-16)23-19-11-14-3-1-2-13(8-9-21)18(14)10-15(19)12-22-23/h4-8,10-12H,1-3H2/b13-8+. The summed E-state index contributed by atoms with van der Waals surface area (Å²) in [6, 6.07) is 12.7. The monoisotopic (exact) mass is 303 g/mol. The van der Waals surface area contributed by atoms with E-state index >= 15 is 0 Å². The first kappa shape index (κ1) is 13.7. The van der Waals surface area contributed by atoms with Gasteiger partial charge in [0.1, 0.15) is 5.82 Å². The van der Waals surface area contributed by atoms with Crippen molar-refractivity contribution in [1.29, 1.82) is 5.26 Å². The molecule has 1 aliphatic rings. The first-order chi connectivity index (χ1) is 11.3. The molecule has 0 radical (unpaired) electrons. The van der Waals surface area contributed by atoms with E-state index in [-0.39, 0.29) is 5.82 Å². The lowest BCUT2D eigenvalue weighted by molar-refractivity contribution is 0.627. The van der Waals surface area contributed by atoms with Crippen molar-refractivity contribution in [3.8, 4) is 11.8 Å². The van der Waals surface area contributed by atoms with Gasteiger partial charge in [-0.2, -0.15) is 10.4 Å². The van der Waals surface area contributed by atoms with Gasteiger partial charge in [-0.05, 0) is 72.4 Å². The van der Waals surface area contributed by atoms with Gasteiger partial charge < -0.3 is 0 Å². The molecule has 1 aliphatic carbocycles. The number of nitriles is 1. The van der Waals surface area contributed by atoms with Crippen LogP contribution in [0.15, 0.2) is 48.7 Å². The molecule has 112 valence electrons. The van der Waals surface area contributed by atoms with Crippen molar-refractivity contribution in [2.75, 3.05) is 0 Å². The molecule has 0 aliphatic heterocycles. The van der Waals surface area contributed by atoms with E-state index < -0.39 is 0 Å². The highest BCUT2D eigenvalue weighted by Crippen LogP contribution is 2.34.